The van der Waals surface area contributed by atoms with Crippen LogP contribution in [0.3, 0.4) is 0 Å². The molecule has 6 heteroatoms. The fourth-order valence-corrected chi connectivity index (χ4v) is 4.45. The van der Waals surface area contributed by atoms with Crippen LogP contribution in [0.15, 0.2) is 30.3 Å². The molecule has 1 amide bonds. The lowest BCUT2D eigenvalue weighted by Crippen LogP contribution is -2.64. The number of rotatable bonds is 5. The van der Waals surface area contributed by atoms with Crippen molar-refractivity contribution >= 4 is 28.7 Å². The first kappa shape index (κ1) is 19.1. The Kier molecular flexibility index (Phi) is 5.72. The van der Waals surface area contributed by atoms with Gasteiger partial charge in [-0.2, -0.15) is 4.79 Å². The third kappa shape index (κ3) is 3.59. The molecule has 0 spiro atoms. The maximum atomic E-state index is 13.0. The van der Waals surface area contributed by atoms with Crippen LogP contribution < -0.4 is 0 Å². The van der Waals surface area contributed by atoms with Gasteiger partial charge in [-0.05, 0) is 25.3 Å². The third-order valence-electron chi connectivity index (χ3n) is 5.90. The molecule has 25 heavy (non-hydrogen) atoms. The van der Waals surface area contributed by atoms with Crippen LogP contribution in [0.2, 0.25) is 0 Å². The van der Waals surface area contributed by atoms with E-state index >= 15 is 0 Å². The van der Waals surface area contributed by atoms with Crippen LogP contribution in [0, 0.1) is 0 Å². The molecule has 0 radical (unpaired) electrons. The molecular formula is C19H27INO4+. The van der Waals surface area contributed by atoms with Crippen LogP contribution in [-0.2, 0) is 16.1 Å². The number of ether oxygens (including phenoxy) is 2. The Morgan fingerprint density at radius 2 is 2.04 bits per heavy atom. The summed E-state index contributed by atoms with van der Waals surface area (Å²) in [4.78, 5) is 13.0. The number of likely N-dealkylation sites (N-methyl/N-ethyl adjacent to an activating group) is 1. The predicted octanol–water partition coefficient (Wildman–Crippen LogP) is 3.62. The Labute approximate surface area is 163 Å². The monoisotopic (exact) mass is 460 g/mol. The molecule has 1 heterocycles. The summed E-state index contributed by atoms with van der Waals surface area (Å²) >= 11 is 2.23. The number of hydrogen-bond donors (Lipinski definition) is 1. The molecule has 0 aromatic heterocycles. The minimum atomic E-state index is -0.748. The molecule has 1 saturated heterocycles. The van der Waals surface area contributed by atoms with Gasteiger partial charge in [-0.15, -0.1) is 0 Å². The molecule has 1 aromatic rings. The van der Waals surface area contributed by atoms with E-state index in [0.29, 0.717) is 6.54 Å². The van der Waals surface area contributed by atoms with Crippen LogP contribution in [-0.4, -0.2) is 51.1 Å². The number of carbonyl (C=O) groups is 1. The molecule has 1 N–H and O–H groups in total. The van der Waals surface area contributed by atoms with Crippen LogP contribution in [0.1, 0.15) is 38.2 Å². The molecule has 2 aliphatic rings. The average Bonchev–Trinajstić information content (AvgIpc) is 3.44. The van der Waals surface area contributed by atoms with Crippen LogP contribution in [0.25, 0.3) is 0 Å². The van der Waals surface area contributed by atoms with Gasteiger partial charge in [-0.1, -0.05) is 52.9 Å². The number of aliphatic hydroxyl groups excluding tert-OH is 1. The minimum absolute atomic E-state index is 0.0947. The number of hydrogen-bond acceptors (Lipinski definition) is 4. The van der Waals surface area contributed by atoms with Gasteiger partial charge in [-0.25, -0.2) is 4.48 Å². The topological polar surface area (TPSA) is 55.8 Å². The van der Waals surface area contributed by atoms with Crippen molar-refractivity contribution in [1.82, 2.24) is 0 Å². The van der Waals surface area contributed by atoms with E-state index in [4.69, 9.17) is 9.47 Å². The lowest BCUT2D eigenvalue weighted by Gasteiger charge is -2.44. The fraction of sp³-hybridized carbons (Fsp3) is 0.632. The highest BCUT2D eigenvalue weighted by molar-refractivity contribution is 14.1. The lowest BCUT2D eigenvalue weighted by molar-refractivity contribution is -0.879. The van der Waals surface area contributed by atoms with Crippen molar-refractivity contribution in [3.05, 3.63) is 35.9 Å². The number of alkyl halides is 1. The summed E-state index contributed by atoms with van der Waals surface area (Å²) in [6.45, 7) is 2.95. The fourth-order valence-electron chi connectivity index (χ4n) is 3.92. The van der Waals surface area contributed by atoms with Crippen LogP contribution >= 0.6 is 22.6 Å². The molecule has 2 fully saturated rings. The summed E-state index contributed by atoms with van der Waals surface area (Å²) in [6, 6.07) is 9.74. The molecule has 1 aliphatic heterocycles. The third-order valence-corrected chi connectivity index (χ3v) is 7.14. The summed E-state index contributed by atoms with van der Waals surface area (Å²) in [6.07, 6.45) is 2.60. The van der Waals surface area contributed by atoms with Gasteiger partial charge in [0.05, 0.1) is 17.5 Å². The SMILES string of the molecule is CC[N+](C)(C(=O)OCc1ccccc1)C1([C@@H]2CCC(I)C(O)O2)CC1. The van der Waals surface area contributed by atoms with Gasteiger partial charge in [0.15, 0.2) is 6.29 Å². The number of benzene rings is 1. The zero-order valence-electron chi connectivity index (χ0n) is 14.9. The Balaban J connectivity index is 1.71. The first-order valence-electron chi connectivity index (χ1n) is 8.97. The standard InChI is InChI=1S/C19H27INO4/c1-3-21(2,18(23)24-13-14-7-5-4-6-8-14)19(11-12-19)16-10-9-15(20)17(22)25-16/h4-8,15-17,22H,3,9-13H2,1-2H3/q+1/t15?,16-,17?,21?/m0/s1. The second-order valence-corrected chi connectivity index (χ2v) is 8.86. The Hall–Kier alpha value is -0.700. The molecule has 1 aliphatic carbocycles. The van der Waals surface area contributed by atoms with Crippen molar-refractivity contribution in [1.29, 1.82) is 0 Å². The van der Waals surface area contributed by atoms with Crippen molar-refractivity contribution in [2.75, 3.05) is 13.6 Å². The zero-order chi connectivity index (χ0) is 18.1. The molecule has 1 aromatic carbocycles. The van der Waals surface area contributed by atoms with Crippen molar-refractivity contribution in [3.8, 4) is 0 Å². The lowest BCUT2D eigenvalue weighted by atomic mass is 9.96. The van der Waals surface area contributed by atoms with Gasteiger partial charge < -0.3 is 14.6 Å². The molecule has 3 rings (SSSR count). The largest absolute Gasteiger partial charge is 0.516 e. The summed E-state index contributed by atoms with van der Waals surface area (Å²) in [5.74, 6) is 0. The molecule has 1 saturated carbocycles. The number of carbonyl (C=O) groups excluding carboxylic acids is 1. The molecule has 0 bridgehead atoms. The number of amides is 1. The summed E-state index contributed by atoms with van der Waals surface area (Å²) in [7, 11) is 1.95. The Bertz CT molecular complexity index is 607. The summed E-state index contributed by atoms with van der Waals surface area (Å²) in [5, 5.41) is 10.1. The second kappa shape index (κ2) is 7.50. The average molecular weight is 460 g/mol. The van der Waals surface area contributed by atoms with Crippen LogP contribution in [0.5, 0.6) is 0 Å². The normalized spacial score (nSPS) is 30.3. The van der Waals surface area contributed by atoms with Gasteiger partial charge in [0.2, 0.25) is 0 Å². The maximum Gasteiger partial charge on any atom is 0.516 e. The number of quaternary nitrogens is 1. The van der Waals surface area contributed by atoms with Crippen molar-refractivity contribution in [2.45, 2.75) is 61.1 Å². The number of aliphatic hydroxyl groups is 1. The van der Waals surface area contributed by atoms with E-state index in [1.807, 2.05) is 44.3 Å². The molecule has 3 unspecified atom stereocenters. The minimum Gasteiger partial charge on any atom is -0.415 e. The highest BCUT2D eigenvalue weighted by Crippen LogP contribution is 2.53. The van der Waals surface area contributed by atoms with E-state index in [0.717, 1.165) is 31.2 Å². The van der Waals surface area contributed by atoms with E-state index in [9.17, 15) is 9.90 Å². The van der Waals surface area contributed by atoms with E-state index < -0.39 is 6.29 Å². The summed E-state index contributed by atoms with van der Waals surface area (Å²) < 4.78 is 11.9. The van der Waals surface area contributed by atoms with E-state index in [1.165, 1.54) is 0 Å². The summed E-state index contributed by atoms with van der Waals surface area (Å²) in [5.41, 5.74) is 0.723. The van der Waals surface area contributed by atoms with Gasteiger partial charge in [-0.3, -0.25) is 0 Å². The number of nitrogens with zero attached hydrogens (tertiary/aromatic N) is 1. The first-order valence-corrected chi connectivity index (χ1v) is 10.2. The quantitative estimate of drug-likeness (QED) is 0.415. The van der Waals surface area contributed by atoms with Gasteiger partial charge in [0.1, 0.15) is 18.2 Å². The van der Waals surface area contributed by atoms with Gasteiger partial charge in [0, 0.05) is 12.8 Å². The Morgan fingerprint density at radius 1 is 1.36 bits per heavy atom. The van der Waals surface area contributed by atoms with Crippen LogP contribution in [0.4, 0.5) is 4.79 Å². The van der Waals surface area contributed by atoms with Gasteiger partial charge >= 0.3 is 6.09 Å². The van der Waals surface area contributed by atoms with E-state index in [2.05, 4.69) is 22.6 Å². The van der Waals surface area contributed by atoms with Crippen molar-refractivity contribution < 1.29 is 23.9 Å². The molecule has 5 nitrogen and oxygen atoms in total. The molecule has 138 valence electrons. The van der Waals surface area contributed by atoms with E-state index in [-0.39, 0.29) is 32.8 Å². The number of halogens is 1. The maximum absolute atomic E-state index is 13.0. The highest BCUT2D eigenvalue weighted by Gasteiger charge is 2.67. The van der Waals surface area contributed by atoms with Crippen molar-refractivity contribution in [3.63, 3.8) is 0 Å². The second-order valence-electron chi connectivity index (χ2n) is 7.26. The molecular weight excluding hydrogens is 433 g/mol. The van der Waals surface area contributed by atoms with E-state index in [1.54, 1.807) is 0 Å². The highest BCUT2D eigenvalue weighted by atomic mass is 127. The zero-order valence-corrected chi connectivity index (χ0v) is 17.0. The first-order chi connectivity index (χ1) is 11.9. The van der Waals surface area contributed by atoms with Gasteiger partial charge in [0.25, 0.3) is 0 Å². The molecule has 4 atom stereocenters. The predicted molar refractivity (Wildman–Crippen MR) is 103 cm³/mol. The van der Waals surface area contributed by atoms with Crippen molar-refractivity contribution in [2.24, 2.45) is 0 Å². The Morgan fingerprint density at radius 3 is 2.60 bits per heavy atom. The smallest absolute Gasteiger partial charge is 0.415 e.